The molecule has 1 aliphatic rings. The van der Waals surface area contributed by atoms with Crippen molar-refractivity contribution in [1.29, 1.82) is 0 Å². The molecule has 12 heteroatoms. The second-order valence-electron chi connectivity index (χ2n) is 7.75. The Kier molecular flexibility index (Phi) is 5.93. The molecular formula is C20H26N8O4. The number of ether oxygens (including phenoxy) is 1. The van der Waals surface area contributed by atoms with E-state index in [1.807, 2.05) is 13.0 Å². The summed E-state index contributed by atoms with van der Waals surface area (Å²) in [4.78, 5) is 51.9. The molecule has 32 heavy (non-hydrogen) atoms. The van der Waals surface area contributed by atoms with Crippen LogP contribution in [-0.4, -0.2) is 60.8 Å². The summed E-state index contributed by atoms with van der Waals surface area (Å²) in [5.41, 5.74) is -0.527. The number of rotatable bonds is 7. The molecule has 12 nitrogen and oxygen atoms in total. The molecule has 4 rings (SSSR count). The molecule has 3 aromatic rings. The topological polar surface area (TPSA) is 129 Å². The third-order valence-electron chi connectivity index (χ3n) is 5.44. The van der Waals surface area contributed by atoms with Crippen molar-refractivity contribution in [3.63, 3.8) is 0 Å². The number of aromatic nitrogens is 6. The number of amides is 1. The zero-order valence-electron chi connectivity index (χ0n) is 18.4. The summed E-state index contributed by atoms with van der Waals surface area (Å²) in [5, 5.41) is 2.76. The first-order chi connectivity index (χ1) is 15.3. The first-order valence-corrected chi connectivity index (χ1v) is 10.5. The number of fused-ring (bicyclic) bond motifs is 1. The van der Waals surface area contributed by atoms with E-state index in [-0.39, 0.29) is 36.8 Å². The van der Waals surface area contributed by atoms with E-state index in [1.165, 1.54) is 29.6 Å². The Morgan fingerprint density at radius 1 is 1.16 bits per heavy atom. The lowest BCUT2D eigenvalue weighted by Crippen LogP contribution is -2.38. The lowest BCUT2D eigenvalue weighted by molar-refractivity contribution is -0.121. The number of carbonyl (C=O) groups is 1. The minimum atomic E-state index is -0.496. The average Bonchev–Trinajstić information content (AvgIpc) is 3.44. The molecule has 4 heterocycles. The van der Waals surface area contributed by atoms with Gasteiger partial charge in [0.15, 0.2) is 11.2 Å². The molecule has 1 fully saturated rings. The van der Waals surface area contributed by atoms with Crippen molar-refractivity contribution in [2.24, 2.45) is 14.1 Å². The van der Waals surface area contributed by atoms with Crippen molar-refractivity contribution in [3.8, 4) is 5.88 Å². The minimum Gasteiger partial charge on any atom is -0.476 e. The Morgan fingerprint density at radius 3 is 2.66 bits per heavy atom. The predicted molar refractivity (Wildman–Crippen MR) is 117 cm³/mol. The molecular weight excluding hydrogens is 416 g/mol. The first kappa shape index (κ1) is 21.5. The molecule has 0 saturated carbocycles. The van der Waals surface area contributed by atoms with Gasteiger partial charge in [-0.05, 0) is 19.8 Å². The Hall–Kier alpha value is -3.70. The highest BCUT2D eigenvalue weighted by atomic mass is 16.5. The van der Waals surface area contributed by atoms with E-state index in [4.69, 9.17) is 4.74 Å². The van der Waals surface area contributed by atoms with Crippen LogP contribution in [0.3, 0.4) is 0 Å². The van der Waals surface area contributed by atoms with Crippen LogP contribution < -0.4 is 26.2 Å². The lowest BCUT2D eigenvalue weighted by Gasteiger charge is -2.17. The number of nitrogens with one attached hydrogen (secondary N) is 1. The van der Waals surface area contributed by atoms with Crippen LogP contribution in [0, 0.1) is 6.92 Å². The largest absolute Gasteiger partial charge is 0.476 e. The normalized spacial score (nSPS) is 13.7. The van der Waals surface area contributed by atoms with Crippen molar-refractivity contribution in [2.75, 3.05) is 31.1 Å². The van der Waals surface area contributed by atoms with Crippen LogP contribution in [-0.2, 0) is 25.4 Å². The lowest BCUT2D eigenvalue weighted by atomic mass is 10.4. The van der Waals surface area contributed by atoms with Crippen molar-refractivity contribution in [3.05, 3.63) is 39.1 Å². The molecule has 0 spiro atoms. The third kappa shape index (κ3) is 4.20. The number of nitrogens with zero attached hydrogens (tertiary/aromatic N) is 7. The molecule has 1 saturated heterocycles. The molecule has 0 aromatic carbocycles. The first-order valence-electron chi connectivity index (χ1n) is 10.5. The number of carbonyl (C=O) groups excluding carboxylic acids is 1. The van der Waals surface area contributed by atoms with Crippen LogP contribution in [0.1, 0.15) is 18.7 Å². The highest BCUT2D eigenvalue weighted by Crippen LogP contribution is 2.21. The highest BCUT2D eigenvalue weighted by Gasteiger charge is 2.17. The molecule has 0 bridgehead atoms. The van der Waals surface area contributed by atoms with Gasteiger partial charge in [0, 0.05) is 33.3 Å². The SMILES string of the molecule is Cc1nc(OCCNC(=O)Cn2cnc3c2c(=O)n(C)c(=O)n3C)cc(N2CCCC2)n1. The summed E-state index contributed by atoms with van der Waals surface area (Å²) >= 11 is 0. The van der Waals surface area contributed by atoms with E-state index in [0.717, 1.165) is 36.3 Å². The molecule has 3 aromatic heterocycles. The van der Waals surface area contributed by atoms with Gasteiger partial charge in [-0.2, -0.15) is 4.98 Å². The number of aryl methyl sites for hydroxylation is 2. The van der Waals surface area contributed by atoms with Gasteiger partial charge in [-0.25, -0.2) is 14.8 Å². The molecule has 1 N–H and O–H groups in total. The number of anilines is 1. The molecule has 1 aliphatic heterocycles. The molecule has 170 valence electrons. The van der Waals surface area contributed by atoms with Gasteiger partial charge in [0.2, 0.25) is 11.8 Å². The zero-order valence-corrected chi connectivity index (χ0v) is 18.4. The van der Waals surface area contributed by atoms with Crippen LogP contribution in [0.4, 0.5) is 5.82 Å². The number of hydrogen-bond acceptors (Lipinski definition) is 8. The Bertz CT molecular complexity index is 1270. The molecule has 1 amide bonds. The second kappa shape index (κ2) is 8.81. The number of hydrogen-bond donors (Lipinski definition) is 1. The monoisotopic (exact) mass is 442 g/mol. The maximum absolute atomic E-state index is 12.5. The van der Waals surface area contributed by atoms with Gasteiger partial charge in [0.05, 0.1) is 12.9 Å². The molecule has 0 aliphatic carbocycles. The standard InChI is InChI=1S/C20H26N8O4/c1-13-23-14(27-7-4-5-8-27)10-16(24-13)32-9-6-21-15(29)11-28-12-22-18-17(28)19(30)26(3)20(31)25(18)2/h10,12H,4-9,11H2,1-3H3,(H,21,29). The van der Waals surface area contributed by atoms with E-state index in [0.29, 0.717) is 11.7 Å². The second-order valence-corrected chi connectivity index (χ2v) is 7.75. The smallest absolute Gasteiger partial charge is 0.332 e. The van der Waals surface area contributed by atoms with Gasteiger partial charge in [-0.1, -0.05) is 0 Å². The van der Waals surface area contributed by atoms with Crippen molar-refractivity contribution >= 4 is 22.9 Å². The summed E-state index contributed by atoms with van der Waals surface area (Å²) < 4.78 is 9.41. The Labute approximate surface area is 183 Å². The third-order valence-corrected chi connectivity index (χ3v) is 5.44. The van der Waals surface area contributed by atoms with Gasteiger partial charge in [0.25, 0.3) is 5.56 Å². The van der Waals surface area contributed by atoms with Gasteiger partial charge >= 0.3 is 5.69 Å². The molecule has 0 radical (unpaired) electrons. The molecule has 0 unspecified atom stereocenters. The van der Waals surface area contributed by atoms with E-state index in [2.05, 4.69) is 25.2 Å². The van der Waals surface area contributed by atoms with E-state index >= 15 is 0 Å². The van der Waals surface area contributed by atoms with Crippen LogP contribution in [0.25, 0.3) is 11.2 Å². The van der Waals surface area contributed by atoms with Crippen LogP contribution in [0.15, 0.2) is 22.0 Å². The average molecular weight is 442 g/mol. The van der Waals surface area contributed by atoms with E-state index < -0.39 is 11.2 Å². The fourth-order valence-electron chi connectivity index (χ4n) is 3.78. The zero-order chi connectivity index (χ0) is 22.8. The summed E-state index contributed by atoms with van der Waals surface area (Å²) in [6.45, 7) is 4.18. The summed E-state index contributed by atoms with van der Waals surface area (Å²) in [6.07, 6.45) is 3.69. The predicted octanol–water partition coefficient (Wildman–Crippen LogP) is -0.672. The van der Waals surface area contributed by atoms with Gasteiger partial charge in [-0.15, -0.1) is 0 Å². The number of imidazole rings is 1. The fourth-order valence-corrected chi connectivity index (χ4v) is 3.78. The van der Waals surface area contributed by atoms with Crippen LogP contribution >= 0.6 is 0 Å². The Morgan fingerprint density at radius 2 is 1.91 bits per heavy atom. The maximum Gasteiger partial charge on any atom is 0.332 e. The fraction of sp³-hybridized carbons (Fsp3) is 0.500. The van der Waals surface area contributed by atoms with E-state index in [1.54, 1.807) is 0 Å². The van der Waals surface area contributed by atoms with Gasteiger partial charge in [-0.3, -0.25) is 18.7 Å². The van der Waals surface area contributed by atoms with Crippen LogP contribution in [0.5, 0.6) is 5.88 Å². The summed E-state index contributed by atoms with van der Waals surface area (Å²) in [5.74, 6) is 1.66. The minimum absolute atomic E-state index is 0.102. The Balaban J connectivity index is 1.35. The van der Waals surface area contributed by atoms with Gasteiger partial charge < -0.3 is 19.5 Å². The molecule has 0 atom stereocenters. The summed E-state index contributed by atoms with van der Waals surface area (Å²) in [6, 6.07) is 1.82. The van der Waals surface area contributed by atoms with Gasteiger partial charge in [0.1, 0.15) is 24.8 Å². The van der Waals surface area contributed by atoms with Crippen molar-refractivity contribution < 1.29 is 9.53 Å². The van der Waals surface area contributed by atoms with Crippen LogP contribution in [0.2, 0.25) is 0 Å². The van der Waals surface area contributed by atoms with Crippen molar-refractivity contribution in [2.45, 2.75) is 26.3 Å². The van der Waals surface area contributed by atoms with Crippen molar-refractivity contribution in [1.82, 2.24) is 34.0 Å². The highest BCUT2D eigenvalue weighted by molar-refractivity contribution is 5.78. The summed E-state index contributed by atoms with van der Waals surface area (Å²) in [7, 11) is 2.92. The quantitative estimate of drug-likeness (QED) is 0.477. The maximum atomic E-state index is 12.5. The van der Waals surface area contributed by atoms with E-state index in [9.17, 15) is 14.4 Å².